The molecule has 4 aromatic rings. The first-order valence-electron chi connectivity index (χ1n) is 10.5. The lowest BCUT2D eigenvalue weighted by molar-refractivity contribution is -0.274. The summed E-state index contributed by atoms with van der Waals surface area (Å²) < 4.78 is 53.1. The van der Waals surface area contributed by atoms with Crippen LogP contribution >= 0.6 is 0 Å². The molecule has 3 aromatic carbocycles. The number of ether oxygens (including phenoxy) is 3. The van der Waals surface area contributed by atoms with Crippen LogP contribution in [0.4, 0.5) is 13.2 Å². The van der Waals surface area contributed by atoms with Crippen molar-refractivity contribution in [3.05, 3.63) is 113 Å². The molecule has 0 spiro atoms. The fraction of sp³-hybridized carbons (Fsp3) is 0.111. The minimum Gasteiger partial charge on any atom is -0.483 e. The zero-order chi connectivity index (χ0) is 24.5. The molecule has 35 heavy (non-hydrogen) atoms. The van der Waals surface area contributed by atoms with Crippen LogP contribution in [-0.4, -0.2) is 16.6 Å². The van der Waals surface area contributed by atoms with E-state index in [0.717, 1.165) is 11.1 Å². The molecule has 0 aliphatic carbocycles. The maximum atomic E-state index is 12.5. The highest BCUT2D eigenvalue weighted by molar-refractivity contribution is 5.46. The second-order valence-electron chi connectivity index (χ2n) is 7.27. The Morgan fingerprint density at radius 1 is 0.686 bits per heavy atom. The molecule has 8 heteroatoms. The van der Waals surface area contributed by atoms with Crippen molar-refractivity contribution in [2.24, 2.45) is 0 Å². The molecule has 5 nitrogen and oxygen atoms in total. The van der Waals surface area contributed by atoms with Crippen LogP contribution in [0.25, 0.3) is 0 Å². The highest BCUT2D eigenvalue weighted by atomic mass is 19.4. The van der Waals surface area contributed by atoms with Crippen LogP contribution in [0, 0.1) is 11.8 Å². The molecule has 0 radical (unpaired) electrons. The van der Waals surface area contributed by atoms with E-state index in [1.54, 1.807) is 12.1 Å². The lowest BCUT2D eigenvalue weighted by Gasteiger charge is -2.11. The molecule has 4 rings (SSSR count). The molecule has 0 N–H and O–H groups in total. The van der Waals surface area contributed by atoms with Gasteiger partial charge in [-0.1, -0.05) is 72.7 Å². The molecule has 1 heterocycles. The van der Waals surface area contributed by atoms with Crippen molar-refractivity contribution >= 4 is 0 Å². The SMILES string of the molecule is FC(F)(F)Oc1cccc(C#Cc2cc(OCc3ccccc3)c(OCc3ccccc3)nn2)c1. The number of hydrogen-bond donors (Lipinski definition) is 0. The summed E-state index contributed by atoms with van der Waals surface area (Å²) >= 11 is 0. The quantitative estimate of drug-likeness (QED) is 0.310. The molecule has 176 valence electrons. The van der Waals surface area contributed by atoms with E-state index in [2.05, 4.69) is 26.8 Å². The third-order valence-electron chi connectivity index (χ3n) is 4.59. The predicted molar refractivity (Wildman–Crippen MR) is 123 cm³/mol. The lowest BCUT2D eigenvalue weighted by atomic mass is 10.2. The summed E-state index contributed by atoms with van der Waals surface area (Å²) in [5.41, 5.74) is 2.49. The first kappa shape index (κ1) is 23.6. The van der Waals surface area contributed by atoms with Gasteiger partial charge in [-0.05, 0) is 35.2 Å². The summed E-state index contributed by atoms with van der Waals surface area (Å²) in [5, 5.41) is 8.17. The summed E-state index contributed by atoms with van der Waals surface area (Å²) in [5.74, 6) is 5.76. The van der Waals surface area contributed by atoms with Crippen LogP contribution in [0.15, 0.2) is 91.0 Å². The van der Waals surface area contributed by atoms with Crippen molar-refractivity contribution in [3.8, 4) is 29.2 Å². The Hall–Kier alpha value is -4.51. The van der Waals surface area contributed by atoms with Gasteiger partial charge < -0.3 is 14.2 Å². The van der Waals surface area contributed by atoms with Crippen LogP contribution in [-0.2, 0) is 13.2 Å². The zero-order valence-corrected chi connectivity index (χ0v) is 18.3. The van der Waals surface area contributed by atoms with E-state index in [0.29, 0.717) is 11.3 Å². The van der Waals surface area contributed by atoms with Gasteiger partial charge in [0.1, 0.15) is 24.7 Å². The maximum Gasteiger partial charge on any atom is 0.573 e. The van der Waals surface area contributed by atoms with Gasteiger partial charge in [0.15, 0.2) is 5.75 Å². The van der Waals surface area contributed by atoms with Crippen LogP contribution in [0.2, 0.25) is 0 Å². The topological polar surface area (TPSA) is 53.5 Å². The maximum absolute atomic E-state index is 12.5. The highest BCUT2D eigenvalue weighted by Gasteiger charge is 2.31. The number of hydrogen-bond acceptors (Lipinski definition) is 5. The third kappa shape index (κ3) is 7.51. The van der Waals surface area contributed by atoms with Crippen molar-refractivity contribution in [1.29, 1.82) is 0 Å². The Bertz CT molecular complexity index is 1320. The number of rotatable bonds is 7. The molecule has 0 aliphatic rings. The second-order valence-corrected chi connectivity index (χ2v) is 7.27. The second kappa shape index (κ2) is 11.1. The summed E-state index contributed by atoms with van der Waals surface area (Å²) in [6.07, 6.45) is -4.78. The van der Waals surface area contributed by atoms with Gasteiger partial charge in [0.2, 0.25) is 0 Å². The average molecular weight is 476 g/mol. The molecular formula is C27H19F3N2O3. The third-order valence-corrected chi connectivity index (χ3v) is 4.59. The molecule has 0 unspecified atom stereocenters. The number of aromatic nitrogens is 2. The van der Waals surface area contributed by atoms with Gasteiger partial charge in [-0.2, -0.15) is 0 Å². The smallest absolute Gasteiger partial charge is 0.483 e. The molecule has 0 saturated heterocycles. The van der Waals surface area contributed by atoms with Gasteiger partial charge in [-0.15, -0.1) is 23.4 Å². The Labute approximate surface area is 200 Å². The standard InChI is InChI=1S/C27H19F3N2O3/c28-27(29,30)35-24-13-7-12-20(16-24)14-15-23-17-25(33-18-21-8-3-1-4-9-21)26(32-31-23)34-19-22-10-5-2-6-11-22/h1-13,16-17H,18-19H2. The Balaban J connectivity index is 1.55. The summed E-state index contributed by atoms with van der Waals surface area (Å²) in [6.45, 7) is 0.548. The van der Waals surface area contributed by atoms with E-state index in [4.69, 9.17) is 9.47 Å². The Morgan fingerprint density at radius 2 is 1.34 bits per heavy atom. The first-order valence-corrected chi connectivity index (χ1v) is 10.5. The summed E-state index contributed by atoms with van der Waals surface area (Å²) in [4.78, 5) is 0. The van der Waals surface area contributed by atoms with Crippen LogP contribution in [0.5, 0.6) is 17.4 Å². The van der Waals surface area contributed by atoms with E-state index in [1.165, 1.54) is 18.2 Å². The van der Waals surface area contributed by atoms with Gasteiger partial charge in [-0.3, -0.25) is 0 Å². The molecule has 0 amide bonds. The summed E-state index contributed by atoms with van der Waals surface area (Å²) in [6, 6.07) is 26.1. The summed E-state index contributed by atoms with van der Waals surface area (Å²) in [7, 11) is 0. The van der Waals surface area contributed by atoms with E-state index < -0.39 is 6.36 Å². The van der Waals surface area contributed by atoms with Crippen LogP contribution in [0.3, 0.4) is 0 Å². The minimum atomic E-state index is -4.78. The fourth-order valence-electron chi connectivity index (χ4n) is 3.00. The monoisotopic (exact) mass is 476 g/mol. The number of alkyl halides is 3. The number of nitrogens with zero attached hydrogens (tertiary/aromatic N) is 2. The van der Waals surface area contributed by atoms with Crippen molar-refractivity contribution < 1.29 is 27.4 Å². The van der Waals surface area contributed by atoms with Crippen LogP contribution < -0.4 is 14.2 Å². The van der Waals surface area contributed by atoms with E-state index in [9.17, 15) is 13.2 Å². The average Bonchev–Trinajstić information content (AvgIpc) is 2.86. The van der Waals surface area contributed by atoms with Crippen molar-refractivity contribution in [2.45, 2.75) is 19.6 Å². The molecular weight excluding hydrogens is 457 g/mol. The zero-order valence-electron chi connectivity index (χ0n) is 18.3. The van der Waals surface area contributed by atoms with Gasteiger partial charge >= 0.3 is 6.36 Å². The fourth-order valence-corrected chi connectivity index (χ4v) is 3.00. The minimum absolute atomic E-state index is 0.205. The molecule has 1 aromatic heterocycles. The van der Waals surface area contributed by atoms with Gasteiger partial charge in [0, 0.05) is 11.6 Å². The number of benzene rings is 3. The predicted octanol–water partition coefficient (Wildman–Crippen LogP) is 5.93. The molecule has 0 atom stereocenters. The van der Waals surface area contributed by atoms with E-state index in [-0.39, 0.29) is 30.5 Å². The normalized spacial score (nSPS) is 10.7. The van der Waals surface area contributed by atoms with E-state index >= 15 is 0 Å². The lowest BCUT2D eigenvalue weighted by Crippen LogP contribution is -2.17. The van der Waals surface area contributed by atoms with Gasteiger partial charge in [-0.25, -0.2) is 0 Å². The first-order chi connectivity index (χ1) is 16.9. The highest BCUT2D eigenvalue weighted by Crippen LogP contribution is 2.26. The van der Waals surface area contributed by atoms with E-state index in [1.807, 2.05) is 60.7 Å². The largest absolute Gasteiger partial charge is 0.573 e. The molecule has 0 fully saturated rings. The molecule has 0 aliphatic heterocycles. The van der Waals surface area contributed by atoms with Gasteiger partial charge in [0.05, 0.1) is 0 Å². The van der Waals surface area contributed by atoms with Crippen molar-refractivity contribution in [2.75, 3.05) is 0 Å². The molecule has 0 bridgehead atoms. The van der Waals surface area contributed by atoms with Crippen molar-refractivity contribution in [1.82, 2.24) is 10.2 Å². The Morgan fingerprint density at radius 3 is 2.00 bits per heavy atom. The molecule has 0 saturated carbocycles. The Kier molecular flexibility index (Phi) is 7.48. The van der Waals surface area contributed by atoms with Crippen LogP contribution in [0.1, 0.15) is 22.4 Å². The van der Waals surface area contributed by atoms with Crippen molar-refractivity contribution in [3.63, 3.8) is 0 Å². The van der Waals surface area contributed by atoms with Gasteiger partial charge in [0.25, 0.3) is 5.88 Å². The number of halogens is 3.